The van der Waals surface area contributed by atoms with Crippen molar-refractivity contribution in [1.82, 2.24) is 0 Å². The minimum absolute atomic E-state index is 0.255. The molecule has 0 atom stereocenters. The maximum absolute atomic E-state index is 11.1. The first-order valence-corrected chi connectivity index (χ1v) is 7.70. The smallest absolute Gasteiger partial charge is 0.434 e. The standard InChI is InChI=1S/C16H28O5/c1-4-5-6-7-8-9-10-11-12-19-16(18)21-13-20-15(17)14(2)3/h2,4-13H2,1,3H3. The molecule has 0 fully saturated rings. The van der Waals surface area contributed by atoms with E-state index in [1.165, 1.54) is 45.4 Å². The van der Waals surface area contributed by atoms with E-state index in [1.807, 2.05) is 0 Å². The van der Waals surface area contributed by atoms with Crippen LogP contribution in [0.2, 0.25) is 0 Å². The average Bonchev–Trinajstić information content (AvgIpc) is 2.45. The molecule has 0 N–H and O–H groups in total. The van der Waals surface area contributed by atoms with Gasteiger partial charge < -0.3 is 14.2 Å². The van der Waals surface area contributed by atoms with Crippen LogP contribution in [0.5, 0.6) is 0 Å². The normalized spacial score (nSPS) is 10.0. The maximum atomic E-state index is 11.1. The van der Waals surface area contributed by atoms with Crippen molar-refractivity contribution in [2.45, 2.75) is 65.2 Å². The van der Waals surface area contributed by atoms with Crippen LogP contribution in [-0.2, 0) is 19.0 Å². The summed E-state index contributed by atoms with van der Waals surface area (Å²) in [6.45, 7) is 7.02. The first kappa shape index (κ1) is 19.5. The van der Waals surface area contributed by atoms with Crippen molar-refractivity contribution in [3.05, 3.63) is 12.2 Å². The minimum atomic E-state index is -0.813. The van der Waals surface area contributed by atoms with E-state index in [9.17, 15) is 9.59 Å². The molecular formula is C16H28O5. The summed E-state index contributed by atoms with van der Waals surface area (Å²) >= 11 is 0. The lowest BCUT2D eigenvalue weighted by molar-refractivity contribution is -0.148. The van der Waals surface area contributed by atoms with Gasteiger partial charge in [-0.3, -0.25) is 0 Å². The molecule has 0 aliphatic carbocycles. The molecule has 0 saturated carbocycles. The van der Waals surface area contributed by atoms with Crippen molar-refractivity contribution in [2.24, 2.45) is 0 Å². The van der Waals surface area contributed by atoms with Gasteiger partial charge in [-0.05, 0) is 13.3 Å². The third-order valence-electron chi connectivity index (χ3n) is 2.93. The van der Waals surface area contributed by atoms with Crippen molar-refractivity contribution in [3.63, 3.8) is 0 Å². The first-order chi connectivity index (χ1) is 10.1. The quantitative estimate of drug-likeness (QED) is 0.232. The van der Waals surface area contributed by atoms with E-state index in [2.05, 4.69) is 23.0 Å². The van der Waals surface area contributed by atoms with Crippen LogP contribution in [0, 0.1) is 0 Å². The first-order valence-electron chi connectivity index (χ1n) is 7.70. The van der Waals surface area contributed by atoms with Crippen molar-refractivity contribution in [2.75, 3.05) is 13.4 Å². The van der Waals surface area contributed by atoms with E-state index in [4.69, 9.17) is 4.74 Å². The van der Waals surface area contributed by atoms with Gasteiger partial charge in [0.25, 0.3) is 0 Å². The molecule has 0 heterocycles. The highest BCUT2D eigenvalue weighted by Gasteiger charge is 2.07. The lowest BCUT2D eigenvalue weighted by atomic mass is 10.1. The second kappa shape index (κ2) is 13.5. The summed E-state index contributed by atoms with van der Waals surface area (Å²) in [5.41, 5.74) is 0.255. The zero-order valence-electron chi connectivity index (χ0n) is 13.3. The van der Waals surface area contributed by atoms with Crippen molar-refractivity contribution in [1.29, 1.82) is 0 Å². The van der Waals surface area contributed by atoms with Crippen LogP contribution in [0.4, 0.5) is 4.79 Å². The zero-order chi connectivity index (χ0) is 15.9. The van der Waals surface area contributed by atoms with Gasteiger partial charge in [0.1, 0.15) is 0 Å². The summed E-state index contributed by atoms with van der Waals surface area (Å²) in [5.74, 6) is -0.592. The van der Waals surface area contributed by atoms with Crippen LogP contribution < -0.4 is 0 Å². The summed E-state index contributed by atoms with van der Waals surface area (Å²) in [6.07, 6.45) is 8.63. The highest BCUT2D eigenvalue weighted by molar-refractivity contribution is 5.86. The fourth-order valence-electron chi connectivity index (χ4n) is 1.69. The van der Waals surface area contributed by atoms with Crippen LogP contribution in [-0.4, -0.2) is 25.5 Å². The average molecular weight is 300 g/mol. The van der Waals surface area contributed by atoms with Crippen molar-refractivity contribution < 1.29 is 23.8 Å². The Morgan fingerprint density at radius 3 is 2.00 bits per heavy atom. The fraction of sp³-hybridized carbons (Fsp3) is 0.750. The molecule has 0 radical (unpaired) electrons. The molecule has 0 rings (SSSR count). The SMILES string of the molecule is C=C(C)C(=O)OCOC(=O)OCCCCCCCCCC. The molecular weight excluding hydrogens is 272 g/mol. The predicted octanol–water partition coefficient (Wildman–Crippen LogP) is 4.36. The topological polar surface area (TPSA) is 61.8 Å². The molecule has 0 bridgehead atoms. The van der Waals surface area contributed by atoms with E-state index < -0.39 is 18.9 Å². The Balaban J connectivity index is 3.30. The van der Waals surface area contributed by atoms with Crippen LogP contribution in [0.1, 0.15) is 65.2 Å². The summed E-state index contributed by atoms with van der Waals surface area (Å²) < 4.78 is 14.0. The van der Waals surface area contributed by atoms with Gasteiger partial charge in [-0.15, -0.1) is 0 Å². The van der Waals surface area contributed by atoms with Gasteiger partial charge in [-0.25, -0.2) is 9.59 Å². The van der Waals surface area contributed by atoms with Crippen LogP contribution in [0.25, 0.3) is 0 Å². The molecule has 0 aliphatic heterocycles. The number of carbonyl (C=O) groups excluding carboxylic acids is 2. The van der Waals surface area contributed by atoms with Gasteiger partial charge in [-0.1, -0.05) is 58.4 Å². The monoisotopic (exact) mass is 300 g/mol. The highest BCUT2D eigenvalue weighted by Crippen LogP contribution is 2.08. The van der Waals surface area contributed by atoms with E-state index in [0.29, 0.717) is 6.61 Å². The van der Waals surface area contributed by atoms with Gasteiger partial charge in [0.2, 0.25) is 6.79 Å². The van der Waals surface area contributed by atoms with Crippen LogP contribution >= 0.6 is 0 Å². The largest absolute Gasteiger partial charge is 0.511 e. The van der Waals surface area contributed by atoms with Crippen molar-refractivity contribution >= 4 is 12.1 Å². The van der Waals surface area contributed by atoms with E-state index >= 15 is 0 Å². The Morgan fingerprint density at radius 2 is 1.43 bits per heavy atom. The molecule has 5 heteroatoms. The molecule has 0 aliphatic rings. The molecule has 5 nitrogen and oxygen atoms in total. The van der Waals surface area contributed by atoms with Gasteiger partial charge in [-0.2, -0.15) is 0 Å². The summed E-state index contributed by atoms with van der Waals surface area (Å²) in [4.78, 5) is 22.1. The number of esters is 1. The van der Waals surface area contributed by atoms with Gasteiger partial charge in [0.05, 0.1) is 6.61 Å². The predicted molar refractivity (Wildman–Crippen MR) is 80.8 cm³/mol. The molecule has 122 valence electrons. The number of rotatable bonds is 12. The lowest BCUT2D eigenvalue weighted by Gasteiger charge is -2.07. The Bertz CT molecular complexity index is 312. The Morgan fingerprint density at radius 1 is 0.857 bits per heavy atom. The fourth-order valence-corrected chi connectivity index (χ4v) is 1.69. The van der Waals surface area contributed by atoms with Crippen molar-refractivity contribution in [3.8, 4) is 0 Å². The Hall–Kier alpha value is -1.52. The summed E-state index contributed by atoms with van der Waals surface area (Å²) in [6, 6.07) is 0. The van der Waals surface area contributed by atoms with Gasteiger partial charge >= 0.3 is 12.1 Å². The summed E-state index contributed by atoms with van der Waals surface area (Å²) in [7, 11) is 0. The number of hydrogen-bond donors (Lipinski definition) is 0. The van der Waals surface area contributed by atoms with E-state index in [-0.39, 0.29) is 5.57 Å². The van der Waals surface area contributed by atoms with Crippen LogP contribution in [0.15, 0.2) is 12.2 Å². The number of unbranched alkanes of at least 4 members (excludes halogenated alkanes) is 7. The second-order valence-electron chi connectivity index (χ2n) is 5.05. The summed E-state index contributed by atoms with van der Waals surface area (Å²) in [5, 5.41) is 0. The molecule has 0 amide bonds. The zero-order valence-corrected chi connectivity index (χ0v) is 13.3. The minimum Gasteiger partial charge on any atom is -0.434 e. The Kier molecular flexibility index (Phi) is 12.5. The molecule has 0 saturated heterocycles. The molecule has 0 aromatic carbocycles. The molecule has 0 aromatic rings. The highest BCUT2D eigenvalue weighted by atomic mass is 16.8. The van der Waals surface area contributed by atoms with E-state index in [1.54, 1.807) is 0 Å². The molecule has 0 spiro atoms. The molecule has 0 unspecified atom stereocenters. The lowest BCUT2D eigenvalue weighted by Crippen LogP contribution is -2.14. The molecule has 0 aromatic heterocycles. The maximum Gasteiger partial charge on any atom is 0.511 e. The van der Waals surface area contributed by atoms with E-state index in [0.717, 1.165) is 12.8 Å². The third-order valence-corrected chi connectivity index (χ3v) is 2.93. The number of ether oxygens (including phenoxy) is 3. The Labute approximate surface area is 127 Å². The van der Waals surface area contributed by atoms with Gasteiger partial charge in [0.15, 0.2) is 0 Å². The van der Waals surface area contributed by atoms with Gasteiger partial charge in [0, 0.05) is 5.57 Å². The van der Waals surface area contributed by atoms with Crippen LogP contribution in [0.3, 0.4) is 0 Å². The number of carbonyl (C=O) groups is 2. The number of hydrogen-bond acceptors (Lipinski definition) is 5. The third kappa shape index (κ3) is 13.2. The second-order valence-corrected chi connectivity index (χ2v) is 5.05. The molecule has 21 heavy (non-hydrogen) atoms.